The Hall–Kier alpha value is -1.12. The third kappa shape index (κ3) is 3.73. The highest BCUT2D eigenvalue weighted by Gasteiger charge is 2.22. The van der Waals surface area contributed by atoms with E-state index in [2.05, 4.69) is 5.32 Å². The first kappa shape index (κ1) is 12.9. The molecule has 0 heterocycles. The van der Waals surface area contributed by atoms with Gasteiger partial charge in [0.2, 0.25) is 6.41 Å². The molecule has 2 N–H and O–H groups in total. The Morgan fingerprint density at radius 3 is 2.64 bits per heavy atom. The molecular formula is C9H17N3O2. The molecule has 0 aliphatic carbocycles. The van der Waals surface area contributed by atoms with Crippen LogP contribution in [0.4, 0.5) is 0 Å². The minimum atomic E-state index is -0.570. The summed E-state index contributed by atoms with van der Waals surface area (Å²) in [4.78, 5) is 10.3. The van der Waals surface area contributed by atoms with Gasteiger partial charge in [0.15, 0.2) is 0 Å². The topological polar surface area (TPSA) is 76.4 Å². The van der Waals surface area contributed by atoms with E-state index in [-0.39, 0.29) is 0 Å². The third-order valence-electron chi connectivity index (χ3n) is 2.00. The zero-order chi connectivity index (χ0) is 11.0. The molecule has 2 unspecified atom stereocenters. The molecule has 0 aliphatic heterocycles. The molecule has 0 aromatic rings. The van der Waals surface area contributed by atoms with Crippen LogP contribution < -0.4 is 5.32 Å². The summed E-state index contributed by atoms with van der Waals surface area (Å²) in [7, 11) is 0. The average Bonchev–Trinajstić information content (AvgIpc) is 2.19. The highest BCUT2D eigenvalue weighted by molar-refractivity contribution is 5.46. The Labute approximate surface area is 84.3 Å². The van der Waals surface area contributed by atoms with Crippen molar-refractivity contribution in [2.75, 3.05) is 0 Å². The van der Waals surface area contributed by atoms with Gasteiger partial charge in [-0.25, -0.2) is 0 Å². The molecule has 0 bridgehead atoms. The first-order valence-electron chi connectivity index (χ1n) is 4.77. The largest absolute Gasteiger partial charge is 0.341 e. The zero-order valence-electron chi connectivity index (χ0n) is 8.60. The number of hydroxylamine groups is 2. The number of rotatable bonds is 7. The number of carbonyl (C=O) groups excluding carboxylic acids is 1. The first-order valence-corrected chi connectivity index (χ1v) is 4.77. The first-order chi connectivity index (χ1) is 6.71. The van der Waals surface area contributed by atoms with Gasteiger partial charge in [-0.1, -0.05) is 20.3 Å². The minimum absolute atomic E-state index is 0.470. The SMILES string of the molecule is CCCC(NC=O)N(O)C(C#N)CC. The molecule has 0 aliphatic rings. The normalized spacial score (nSPS) is 14.5. The zero-order valence-corrected chi connectivity index (χ0v) is 8.60. The van der Waals surface area contributed by atoms with Crippen LogP contribution in [0, 0.1) is 11.3 Å². The van der Waals surface area contributed by atoms with Crippen molar-refractivity contribution in [3.8, 4) is 6.07 Å². The van der Waals surface area contributed by atoms with Crippen molar-refractivity contribution in [1.29, 1.82) is 5.26 Å². The summed E-state index contributed by atoms with van der Waals surface area (Å²) in [6.45, 7) is 3.75. The lowest BCUT2D eigenvalue weighted by atomic mass is 10.2. The fourth-order valence-corrected chi connectivity index (χ4v) is 1.20. The lowest BCUT2D eigenvalue weighted by molar-refractivity contribution is -0.159. The Morgan fingerprint density at radius 2 is 2.29 bits per heavy atom. The highest BCUT2D eigenvalue weighted by Crippen LogP contribution is 2.07. The second-order valence-electron chi connectivity index (χ2n) is 3.02. The Balaban J connectivity index is 4.32. The Morgan fingerprint density at radius 1 is 1.64 bits per heavy atom. The number of amides is 1. The predicted molar refractivity (Wildman–Crippen MR) is 51.2 cm³/mol. The fraction of sp³-hybridized carbons (Fsp3) is 0.778. The molecule has 14 heavy (non-hydrogen) atoms. The Bertz CT molecular complexity index is 203. The lowest BCUT2D eigenvalue weighted by Crippen LogP contribution is -2.47. The summed E-state index contributed by atoms with van der Waals surface area (Å²) < 4.78 is 0. The van der Waals surface area contributed by atoms with Crippen LogP contribution in [-0.2, 0) is 4.79 Å². The maximum absolute atomic E-state index is 10.3. The third-order valence-corrected chi connectivity index (χ3v) is 2.00. The van der Waals surface area contributed by atoms with Gasteiger partial charge in [-0.15, -0.1) is 0 Å². The molecule has 5 heteroatoms. The number of carbonyl (C=O) groups is 1. The van der Waals surface area contributed by atoms with Crippen molar-refractivity contribution in [2.24, 2.45) is 0 Å². The van der Waals surface area contributed by atoms with E-state index < -0.39 is 12.2 Å². The molecule has 0 radical (unpaired) electrons. The van der Waals surface area contributed by atoms with Crippen LogP contribution in [0.3, 0.4) is 0 Å². The second-order valence-corrected chi connectivity index (χ2v) is 3.02. The maximum atomic E-state index is 10.3. The number of nitrogens with one attached hydrogen (secondary N) is 1. The van der Waals surface area contributed by atoms with Gasteiger partial charge in [-0.3, -0.25) is 4.79 Å². The smallest absolute Gasteiger partial charge is 0.208 e. The van der Waals surface area contributed by atoms with Crippen molar-refractivity contribution in [1.82, 2.24) is 10.4 Å². The molecular weight excluding hydrogens is 182 g/mol. The van der Waals surface area contributed by atoms with Crippen molar-refractivity contribution in [3.63, 3.8) is 0 Å². The van der Waals surface area contributed by atoms with E-state index in [0.29, 0.717) is 19.3 Å². The van der Waals surface area contributed by atoms with Gasteiger partial charge in [0.25, 0.3) is 0 Å². The average molecular weight is 199 g/mol. The molecule has 1 amide bonds. The van der Waals surface area contributed by atoms with Crippen LogP contribution in [-0.4, -0.2) is 28.9 Å². The molecule has 80 valence electrons. The van der Waals surface area contributed by atoms with Gasteiger partial charge in [0.05, 0.1) is 6.07 Å². The van der Waals surface area contributed by atoms with Crippen LogP contribution >= 0.6 is 0 Å². The molecule has 0 aromatic carbocycles. The van der Waals surface area contributed by atoms with Crippen LogP contribution in [0.15, 0.2) is 0 Å². The van der Waals surface area contributed by atoms with E-state index in [9.17, 15) is 10.0 Å². The van der Waals surface area contributed by atoms with Gasteiger partial charge in [-0.05, 0) is 12.8 Å². The summed E-state index contributed by atoms with van der Waals surface area (Å²) in [5.41, 5.74) is 0. The van der Waals surface area contributed by atoms with Gasteiger partial charge in [0, 0.05) is 0 Å². The quantitative estimate of drug-likeness (QED) is 0.362. The van der Waals surface area contributed by atoms with E-state index in [1.54, 1.807) is 6.92 Å². The van der Waals surface area contributed by atoms with Crippen molar-refractivity contribution in [3.05, 3.63) is 0 Å². The minimum Gasteiger partial charge on any atom is -0.341 e. The lowest BCUT2D eigenvalue weighted by Gasteiger charge is -2.27. The van der Waals surface area contributed by atoms with Gasteiger partial charge in [-0.2, -0.15) is 10.3 Å². The summed E-state index contributed by atoms with van der Waals surface area (Å²) >= 11 is 0. The van der Waals surface area contributed by atoms with E-state index in [4.69, 9.17) is 5.26 Å². The maximum Gasteiger partial charge on any atom is 0.208 e. The van der Waals surface area contributed by atoms with Gasteiger partial charge < -0.3 is 10.5 Å². The second kappa shape index (κ2) is 7.30. The van der Waals surface area contributed by atoms with Crippen molar-refractivity contribution in [2.45, 2.75) is 45.3 Å². The molecule has 0 aromatic heterocycles. The molecule has 2 atom stereocenters. The fourth-order valence-electron chi connectivity index (χ4n) is 1.20. The van der Waals surface area contributed by atoms with Crippen LogP contribution in [0.25, 0.3) is 0 Å². The monoisotopic (exact) mass is 199 g/mol. The summed E-state index contributed by atoms with van der Waals surface area (Å²) in [6.07, 6.45) is 2.03. The summed E-state index contributed by atoms with van der Waals surface area (Å²) in [5.74, 6) is 0. The van der Waals surface area contributed by atoms with Gasteiger partial charge >= 0.3 is 0 Å². The van der Waals surface area contributed by atoms with Gasteiger partial charge in [0.1, 0.15) is 12.2 Å². The van der Waals surface area contributed by atoms with E-state index in [1.165, 1.54) is 0 Å². The van der Waals surface area contributed by atoms with Crippen LogP contribution in [0.1, 0.15) is 33.1 Å². The number of hydrogen-bond donors (Lipinski definition) is 2. The molecule has 0 saturated carbocycles. The molecule has 0 fully saturated rings. The van der Waals surface area contributed by atoms with Crippen molar-refractivity contribution >= 4 is 6.41 Å². The van der Waals surface area contributed by atoms with Crippen LogP contribution in [0.5, 0.6) is 0 Å². The van der Waals surface area contributed by atoms with Crippen LogP contribution in [0.2, 0.25) is 0 Å². The van der Waals surface area contributed by atoms with E-state index in [1.807, 2.05) is 13.0 Å². The number of nitrogens with zero attached hydrogens (tertiary/aromatic N) is 2. The molecule has 5 nitrogen and oxygen atoms in total. The predicted octanol–water partition coefficient (Wildman–Crippen LogP) is 0.852. The Kier molecular flexibility index (Phi) is 6.72. The van der Waals surface area contributed by atoms with Crippen molar-refractivity contribution < 1.29 is 10.0 Å². The summed E-state index contributed by atoms with van der Waals surface area (Å²) in [6, 6.07) is 1.40. The number of nitriles is 1. The number of hydrogen-bond acceptors (Lipinski definition) is 4. The summed E-state index contributed by atoms with van der Waals surface area (Å²) in [5, 5.41) is 21.7. The van der Waals surface area contributed by atoms with E-state index >= 15 is 0 Å². The standard InChI is InChI=1S/C9H17N3O2/c1-3-5-9(11-7-13)12(14)8(4-2)6-10/h7-9,14H,3-5H2,1-2H3,(H,11,13). The molecule has 0 spiro atoms. The highest BCUT2D eigenvalue weighted by atomic mass is 16.5. The molecule has 0 rings (SSSR count). The van der Waals surface area contributed by atoms with E-state index in [0.717, 1.165) is 11.5 Å². The molecule has 0 saturated heterocycles.